The van der Waals surface area contributed by atoms with Crippen LogP contribution in [0.25, 0.3) is 0 Å². The Kier molecular flexibility index (Phi) is 1.63. The number of aromatic amines is 1. The molecule has 1 rings (SSSR count). The molecule has 7 heteroatoms. The Morgan fingerprint density at radius 1 is 1.70 bits per heavy atom. The van der Waals surface area contributed by atoms with Gasteiger partial charge in [-0.3, -0.25) is 5.10 Å². The third kappa shape index (κ3) is 1.25. The highest BCUT2D eigenvalue weighted by Crippen LogP contribution is 1.91. The molecule has 0 amide bonds. The summed E-state index contributed by atoms with van der Waals surface area (Å²) in [5.74, 6) is 0. The number of H-pyrrole nitrogens is 1. The van der Waals surface area contributed by atoms with Crippen LogP contribution in [0.3, 0.4) is 0 Å². The smallest absolute Gasteiger partial charge is 0.290 e. The molecule has 0 aliphatic rings. The van der Waals surface area contributed by atoms with Gasteiger partial charge in [-0.05, 0) is 6.07 Å². The maximum atomic E-state index is 10.6. The highest BCUT2D eigenvalue weighted by Gasteiger charge is 2.04. The number of nitrogens with one attached hydrogen (secondary N) is 1. The zero-order valence-corrected chi connectivity index (χ0v) is 6.45. The van der Waals surface area contributed by atoms with Crippen molar-refractivity contribution in [3.05, 3.63) is 16.9 Å². The molecule has 0 atom stereocenters. The van der Waals surface area contributed by atoms with Gasteiger partial charge in [-0.15, -0.1) is 0 Å². The lowest BCUT2D eigenvalue weighted by Crippen LogP contribution is -2.22. The van der Waals surface area contributed by atoms with E-state index in [0.29, 0.717) is 4.09 Å². The lowest BCUT2D eigenvalue weighted by molar-refractivity contribution is 0.581. The first-order chi connectivity index (χ1) is 4.52. The normalized spacial score (nSPS) is 11.7. The highest BCUT2D eigenvalue weighted by molar-refractivity contribution is 7.87. The van der Waals surface area contributed by atoms with Crippen molar-refractivity contribution in [3.63, 3.8) is 0 Å². The number of rotatable bonds is 1. The minimum absolute atomic E-state index is 0.141. The summed E-state index contributed by atoms with van der Waals surface area (Å²) in [5, 5.41) is 7.08. The summed E-state index contributed by atoms with van der Waals surface area (Å²) in [6, 6.07) is 1.43. The van der Waals surface area contributed by atoms with Gasteiger partial charge in [0.15, 0.2) is 0 Å². The third-order valence-corrected chi connectivity index (χ3v) is 2.12. The van der Waals surface area contributed by atoms with Crippen molar-refractivity contribution in [2.45, 2.75) is 0 Å². The SMILES string of the molecule is NS(=O)(=O)n1[nH]ccc1=S. The molecule has 0 saturated heterocycles. The largest absolute Gasteiger partial charge is 0.317 e. The predicted octanol–water partition coefficient (Wildman–Crippen LogP) is -0.403. The van der Waals surface area contributed by atoms with Crippen LogP contribution in [0.15, 0.2) is 12.3 Å². The fraction of sp³-hybridized carbons (Fsp3) is 0. The van der Waals surface area contributed by atoms with Crippen molar-refractivity contribution >= 4 is 22.4 Å². The first kappa shape index (κ1) is 7.45. The van der Waals surface area contributed by atoms with Gasteiger partial charge in [0.1, 0.15) is 4.64 Å². The summed E-state index contributed by atoms with van der Waals surface area (Å²) in [6.07, 6.45) is 1.40. The van der Waals surface area contributed by atoms with Crippen molar-refractivity contribution in [1.82, 2.24) is 9.19 Å². The molecule has 0 saturated carbocycles. The van der Waals surface area contributed by atoms with E-state index in [1.807, 2.05) is 0 Å². The predicted molar refractivity (Wildman–Crippen MR) is 38.1 cm³/mol. The molecule has 56 valence electrons. The fourth-order valence-electron chi connectivity index (χ4n) is 0.506. The van der Waals surface area contributed by atoms with Crippen LogP contribution in [0.1, 0.15) is 0 Å². The second kappa shape index (κ2) is 2.19. The molecule has 0 fully saturated rings. The quantitative estimate of drug-likeness (QED) is 0.575. The zero-order valence-electron chi connectivity index (χ0n) is 4.81. The van der Waals surface area contributed by atoms with Crippen LogP contribution in [0.5, 0.6) is 0 Å². The van der Waals surface area contributed by atoms with Gasteiger partial charge in [0.2, 0.25) is 0 Å². The van der Waals surface area contributed by atoms with Crippen LogP contribution in [-0.4, -0.2) is 17.6 Å². The Morgan fingerprint density at radius 3 is 2.50 bits per heavy atom. The Bertz CT molecular complexity index is 372. The van der Waals surface area contributed by atoms with Gasteiger partial charge in [-0.2, -0.15) is 12.5 Å². The molecule has 1 aromatic rings. The molecule has 0 unspecified atom stereocenters. The van der Waals surface area contributed by atoms with Crippen molar-refractivity contribution < 1.29 is 8.42 Å². The molecule has 1 aromatic heterocycles. The van der Waals surface area contributed by atoms with E-state index < -0.39 is 10.2 Å². The topological polar surface area (TPSA) is 80.9 Å². The van der Waals surface area contributed by atoms with Gasteiger partial charge < -0.3 is 0 Å². The molecule has 1 heterocycles. The average Bonchev–Trinajstić information content (AvgIpc) is 2.11. The van der Waals surface area contributed by atoms with E-state index in [2.05, 4.69) is 17.3 Å². The van der Waals surface area contributed by atoms with Crippen molar-refractivity contribution in [3.8, 4) is 0 Å². The van der Waals surface area contributed by atoms with Crippen LogP contribution in [-0.2, 0) is 10.2 Å². The van der Waals surface area contributed by atoms with Gasteiger partial charge in [-0.1, -0.05) is 12.2 Å². The second-order valence-corrected chi connectivity index (χ2v) is 3.42. The summed E-state index contributed by atoms with van der Waals surface area (Å²) in [7, 11) is -3.73. The Labute approximate surface area is 62.6 Å². The number of nitrogens with two attached hydrogens (primary N) is 1. The second-order valence-electron chi connectivity index (χ2n) is 1.61. The molecule has 3 N–H and O–H groups in total. The van der Waals surface area contributed by atoms with Crippen molar-refractivity contribution in [2.24, 2.45) is 5.14 Å². The van der Waals surface area contributed by atoms with Crippen LogP contribution >= 0.6 is 12.2 Å². The number of aromatic nitrogens is 2. The van der Waals surface area contributed by atoms with Crippen LogP contribution in [0.2, 0.25) is 0 Å². The summed E-state index contributed by atoms with van der Waals surface area (Å²) >= 11 is 4.61. The lowest BCUT2D eigenvalue weighted by atomic mass is 10.8. The number of hydrogen-bond acceptors (Lipinski definition) is 3. The summed E-state index contributed by atoms with van der Waals surface area (Å²) in [5.41, 5.74) is 0. The summed E-state index contributed by atoms with van der Waals surface area (Å²) < 4.78 is 22.0. The molecule has 0 spiro atoms. The van der Waals surface area contributed by atoms with E-state index in [1.165, 1.54) is 12.3 Å². The molecular formula is C3H5N3O2S2. The van der Waals surface area contributed by atoms with E-state index in [4.69, 9.17) is 5.14 Å². The monoisotopic (exact) mass is 179 g/mol. The molecule has 0 bridgehead atoms. The van der Waals surface area contributed by atoms with Gasteiger partial charge in [-0.25, -0.2) is 5.14 Å². The van der Waals surface area contributed by atoms with Crippen molar-refractivity contribution in [1.29, 1.82) is 0 Å². The lowest BCUT2D eigenvalue weighted by Gasteiger charge is -1.94. The van der Waals surface area contributed by atoms with Gasteiger partial charge in [0.25, 0.3) is 0 Å². The summed E-state index contributed by atoms with van der Waals surface area (Å²) in [6.45, 7) is 0. The van der Waals surface area contributed by atoms with E-state index in [0.717, 1.165) is 0 Å². The van der Waals surface area contributed by atoms with Crippen molar-refractivity contribution in [2.75, 3.05) is 0 Å². The van der Waals surface area contributed by atoms with Gasteiger partial charge >= 0.3 is 10.2 Å². The Hall–Kier alpha value is -0.660. The summed E-state index contributed by atoms with van der Waals surface area (Å²) in [4.78, 5) is 0. The first-order valence-electron chi connectivity index (χ1n) is 2.31. The van der Waals surface area contributed by atoms with E-state index in [-0.39, 0.29) is 4.64 Å². The van der Waals surface area contributed by atoms with Crippen LogP contribution in [0.4, 0.5) is 0 Å². The van der Waals surface area contributed by atoms with E-state index in [9.17, 15) is 8.42 Å². The molecule has 0 aliphatic heterocycles. The maximum absolute atomic E-state index is 10.6. The first-order valence-corrected chi connectivity index (χ1v) is 4.23. The van der Waals surface area contributed by atoms with Gasteiger partial charge in [0, 0.05) is 6.20 Å². The van der Waals surface area contributed by atoms with Crippen LogP contribution < -0.4 is 5.14 Å². The number of nitrogens with zero attached hydrogens (tertiary/aromatic N) is 1. The van der Waals surface area contributed by atoms with Crippen LogP contribution in [0, 0.1) is 4.64 Å². The molecule has 10 heavy (non-hydrogen) atoms. The molecule has 0 aliphatic carbocycles. The van der Waals surface area contributed by atoms with E-state index in [1.54, 1.807) is 0 Å². The molecule has 5 nitrogen and oxygen atoms in total. The Morgan fingerprint density at radius 2 is 2.30 bits per heavy atom. The zero-order chi connectivity index (χ0) is 7.78. The number of hydrogen-bond donors (Lipinski definition) is 2. The highest BCUT2D eigenvalue weighted by atomic mass is 32.2. The molecule has 0 radical (unpaired) electrons. The minimum Gasteiger partial charge on any atom is -0.290 e. The third-order valence-electron chi connectivity index (χ3n) is 0.872. The minimum atomic E-state index is -3.73. The fourth-order valence-corrected chi connectivity index (χ4v) is 1.46. The standard InChI is InChI=1S/C3H5N3O2S2/c4-10(7,8)6-3(9)1-2-5-6/h1-2,5H,(H2,4,7,8). The van der Waals surface area contributed by atoms with Gasteiger partial charge in [0.05, 0.1) is 0 Å². The average molecular weight is 179 g/mol. The maximum Gasteiger partial charge on any atom is 0.317 e. The van der Waals surface area contributed by atoms with E-state index >= 15 is 0 Å². The Balaban J connectivity index is 3.47. The molecule has 0 aromatic carbocycles. The molecular weight excluding hydrogens is 174 g/mol.